The number of nitrogens with zero attached hydrogens (tertiary/aromatic N) is 1. The first-order chi connectivity index (χ1) is 14.5. The average molecular weight is 425 g/mol. The molecule has 0 amide bonds. The Balaban J connectivity index is 3.75. The third-order valence-corrected chi connectivity index (χ3v) is 6.91. The van der Waals surface area contributed by atoms with Crippen LogP contribution in [0.4, 0.5) is 0 Å². The predicted octanol–water partition coefficient (Wildman–Crippen LogP) is 9.93. The molecular formula is C29H62N+. The second-order valence-electron chi connectivity index (χ2n) is 11.0. The molecule has 30 heavy (non-hydrogen) atoms. The third kappa shape index (κ3) is 21.2. The van der Waals surface area contributed by atoms with Crippen LogP contribution in [0.3, 0.4) is 0 Å². The van der Waals surface area contributed by atoms with Gasteiger partial charge in [-0.2, -0.15) is 0 Å². The van der Waals surface area contributed by atoms with E-state index in [0.717, 1.165) is 5.92 Å². The molecule has 0 fully saturated rings. The molecule has 0 heterocycles. The van der Waals surface area contributed by atoms with Crippen molar-refractivity contribution in [3.05, 3.63) is 0 Å². The maximum absolute atomic E-state index is 2.54. The second-order valence-corrected chi connectivity index (χ2v) is 11.0. The fourth-order valence-electron chi connectivity index (χ4n) is 5.14. The minimum Gasteiger partial charge on any atom is -0.326 e. The van der Waals surface area contributed by atoms with Crippen LogP contribution in [-0.4, -0.2) is 31.2 Å². The lowest BCUT2D eigenvalue weighted by Gasteiger charge is -2.36. The van der Waals surface area contributed by atoms with E-state index in [4.69, 9.17) is 0 Å². The summed E-state index contributed by atoms with van der Waals surface area (Å²) in [6, 6.07) is 0. The Labute approximate surface area is 193 Å². The maximum Gasteiger partial charge on any atom is 0.0807 e. The molecule has 0 aromatic carbocycles. The van der Waals surface area contributed by atoms with Gasteiger partial charge in [-0.3, -0.25) is 0 Å². The molecule has 0 rings (SSSR count). The Morgan fingerprint density at radius 2 is 0.700 bits per heavy atom. The lowest BCUT2D eigenvalue weighted by Crippen LogP contribution is -2.48. The first-order valence-electron chi connectivity index (χ1n) is 14.4. The predicted molar refractivity (Wildman–Crippen MR) is 139 cm³/mol. The van der Waals surface area contributed by atoms with Crippen LogP contribution in [0.15, 0.2) is 0 Å². The average Bonchev–Trinajstić information content (AvgIpc) is 2.70. The van der Waals surface area contributed by atoms with Crippen LogP contribution in [0.25, 0.3) is 0 Å². The van der Waals surface area contributed by atoms with Crippen molar-refractivity contribution in [1.29, 1.82) is 0 Å². The van der Waals surface area contributed by atoms with Gasteiger partial charge in [-0.15, -0.1) is 0 Å². The molecule has 0 spiro atoms. The Morgan fingerprint density at radius 3 is 0.967 bits per heavy atom. The molecule has 0 aromatic rings. The van der Waals surface area contributed by atoms with E-state index in [1.807, 2.05) is 0 Å². The number of hydrogen-bond acceptors (Lipinski definition) is 0. The Bertz CT molecular complexity index is 298. The highest BCUT2D eigenvalue weighted by atomic mass is 15.3. The van der Waals surface area contributed by atoms with Crippen molar-refractivity contribution in [2.45, 2.75) is 156 Å². The molecule has 0 saturated carbocycles. The minimum atomic E-state index is 0.821. The van der Waals surface area contributed by atoms with Gasteiger partial charge in [0.25, 0.3) is 0 Å². The summed E-state index contributed by atoms with van der Waals surface area (Å²) in [7, 11) is 2.54. The van der Waals surface area contributed by atoms with Gasteiger partial charge in [-0.25, -0.2) is 0 Å². The normalized spacial score (nSPS) is 12.2. The van der Waals surface area contributed by atoms with Gasteiger partial charge in [0.05, 0.1) is 26.7 Å². The Kier molecular flexibility index (Phi) is 22.1. The first kappa shape index (κ1) is 30.0. The monoisotopic (exact) mass is 424 g/mol. The van der Waals surface area contributed by atoms with Crippen molar-refractivity contribution in [3.63, 3.8) is 0 Å². The first-order valence-corrected chi connectivity index (χ1v) is 14.4. The summed E-state index contributed by atoms with van der Waals surface area (Å²) in [6.07, 6.45) is 29.0. The number of hydrogen-bond donors (Lipinski definition) is 0. The van der Waals surface area contributed by atoms with E-state index >= 15 is 0 Å². The molecule has 0 aromatic heterocycles. The van der Waals surface area contributed by atoms with Gasteiger partial charge in [0.2, 0.25) is 0 Å². The quantitative estimate of drug-likeness (QED) is 0.107. The SMILES string of the molecule is CCCCCCCCCCCC[N+](C)(CCCCCCCCCCCC)CC(C)C. The Hall–Kier alpha value is -0.0400. The number of rotatable bonds is 24. The summed E-state index contributed by atoms with van der Waals surface area (Å²) < 4.78 is 1.33. The molecule has 0 bridgehead atoms. The minimum absolute atomic E-state index is 0.821. The molecular weight excluding hydrogens is 362 g/mol. The largest absolute Gasteiger partial charge is 0.326 e. The lowest BCUT2D eigenvalue weighted by atomic mass is 10.0. The third-order valence-electron chi connectivity index (χ3n) is 6.91. The van der Waals surface area contributed by atoms with Gasteiger partial charge in [0.1, 0.15) is 0 Å². The Morgan fingerprint density at radius 1 is 0.433 bits per heavy atom. The van der Waals surface area contributed by atoms with E-state index in [1.54, 1.807) is 0 Å². The van der Waals surface area contributed by atoms with Crippen LogP contribution in [-0.2, 0) is 0 Å². The molecule has 1 nitrogen and oxygen atoms in total. The van der Waals surface area contributed by atoms with E-state index in [9.17, 15) is 0 Å². The fourth-order valence-corrected chi connectivity index (χ4v) is 5.14. The van der Waals surface area contributed by atoms with Crippen molar-refractivity contribution < 1.29 is 4.48 Å². The summed E-state index contributed by atoms with van der Waals surface area (Å²) in [5.41, 5.74) is 0. The molecule has 0 atom stereocenters. The zero-order chi connectivity index (χ0) is 22.3. The molecule has 1 heteroatoms. The van der Waals surface area contributed by atoms with Gasteiger partial charge < -0.3 is 4.48 Å². The molecule has 0 aliphatic carbocycles. The van der Waals surface area contributed by atoms with Crippen LogP contribution in [0.2, 0.25) is 0 Å². The van der Waals surface area contributed by atoms with Crippen molar-refractivity contribution in [2.24, 2.45) is 5.92 Å². The standard InChI is InChI=1S/C29H62N/c1-6-8-10-12-14-16-18-20-22-24-26-30(5,28-29(3)4)27-25-23-21-19-17-15-13-11-9-7-2/h29H,6-28H2,1-5H3/q+1. The van der Waals surface area contributed by atoms with E-state index in [1.165, 1.54) is 153 Å². The van der Waals surface area contributed by atoms with Gasteiger partial charge in [0, 0.05) is 5.92 Å². The summed E-state index contributed by atoms with van der Waals surface area (Å²) in [5.74, 6) is 0.821. The molecule has 0 N–H and O–H groups in total. The van der Waals surface area contributed by atoms with Crippen molar-refractivity contribution in [3.8, 4) is 0 Å². The molecule has 0 radical (unpaired) electrons. The molecule has 0 saturated heterocycles. The van der Waals surface area contributed by atoms with E-state index in [2.05, 4.69) is 34.7 Å². The topological polar surface area (TPSA) is 0 Å². The smallest absolute Gasteiger partial charge is 0.0807 e. The lowest BCUT2D eigenvalue weighted by molar-refractivity contribution is -0.912. The number of quaternary nitrogens is 1. The summed E-state index contributed by atoms with van der Waals surface area (Å²) in [4.78, 5) is 0. The van der Waals surface area contributed by atoms with Crippen molar-refractivity contribution in [1.82, 2.24) is 0 Å². The molecule has 0 aliphatic heterocycles. The summed E-state index contributed by atoms with van der Waals surface area (Å²) in [5, 5.41) is 0. The van der Waals surface area contributed by atoms with Gasteiger partial charge in [-0.1, -0.05) is 130 Å². The zero-order valence-corrected chi connectivity index (χ0v) is 22.3. The number of unbranched alkanes of at least 4 members (excludes halogenated alkanes) is 18. The highest BCUT2D eigenvalue weighted by Crippen LogP contribution is 2.17. The molecule has 182 valence electrons. The molecule has 0 aliphatic rings. The van der Waals surface area contributed by atoms with Crippen LogP contribution in [0, 0.1) is 5.92 Å². The molecule has 0 unspecified atom stereocenters. The second kappa shape index (κ2) is 22.2. The van der Waals surface area contributed by atoms with Crippen LogP contribution >= 0.6 is 0 Å². The van der Waals surface area contributed by atoms with E-state index in [0.29, 0.717) is 0 Å². The van der Waals surface area contributed by atoms with Crippen molar-refractivity contribution >= 4 is 0 Å². The highest BCUT2D eigenvalue weighted by Gasteiger charge is 2.21. The van der Waals surface area contributed by atoms with Crippen molar-refractivity contribution in [2.75, 3.05) is 26.7 Å². The van der Waals surface area contributed by atoms with E-state index in [-0.39, 0.29) is 0 Å². The van der Waals surface area contributed by atoms with Crippen LogP contribution < -0.4 is 0 Å². The van der Waals surface area contributed by atoms with Gasteiger partial charge in [0.15, 0.2) is 0 Å². The highest BCUT2D eigenvalue weighted by molar-refractivity contribution is 4.52. The van der Waals surface area contributed by atoms with Crippen LogP contribution in [0.1, 0.15) is 156 Å². The maximum atomic E-state index is 2.54. The summed E-state index contributed by atoms with van der Waals surface area (Å²) >= 11 is 0. The van der Waals surface area contributed by atoms with Gasteiger partial charge in [-0.05, 0) is 25.7 Å². The summed E-state index contributed by atoms with van der Waals surface area (Å²) in [6.45, 7) is 13.6. The zero-order valence-electron chi connectivity index (χ0n) is 22.3. The fraction of sp³-hybridized carbons (Fsp3) is 1.00. The van der Waals surface area contributed by atoms with Crippen LogP contribution in [0.5, 0.6) is 0 Å². The van der Waals surface area contributed by atoms with Gasteiger partial charge >= 0.3 is 0 Å². The van der Waals surface area contributed by atoms with E-state index < -0.39 is 0 Å².